The summed E-state index contributed by atoms with van der Waals surface area (Å²) in [6.45, 7) is 5.11. The van der Waals surface area contributed by atoms with Crippen molar-refractivity contribution in [2.45, 2.75) is 57.5 Å². The predicted molar refractivity (Wildman–Crippen MR) is 58.8 cm³/mol. The summed E-state index contributed by atoms with van der Waals surface area (Å²) in [4.78, 5) is 13.7. The fourth-order valence-electron chi connectivity index (χ4n) is 3.02. The third kappa shape index (κ3) is 1.67. The molecule has 1 saturated heterocycles. The van der Waals surface area contributed by atoms with Crippen molar-refractivity contribution < 1.29 is 9.90 Å². The molecule has 1 heterocycles. The number of hydrogen-bond acceptors (Lipinski definition) is 2. The largest absolute Gasteiger partial charge is 0.480 e. The minimum Gasteiger partial charge on any atom is -0.480 e. The molecule has 86 valence electrons. The Morgan fingerprint density at radius 1 is 1.40 bits per heavy atom. The van der Waals surface area contributed by atoms with Crippen LogP contribution >= 0.6 is 0 Å². The second-order valence-corrected chi connectivity index (χ2v) is 5.35. The molecule has 1 aliphatic carbocycles. The Morgan fingerprint density at radius 2 is 2.13 bits per heavy atom. The highest BCUT2D eigenvalue weighted by atomic mass is 16.4. The van der Waals surface area contributed by atoms with Crippen molar-refractivity contribution in [2.75, 3.05) is 6.54 Å². The Balaban J connectivity index is 2.15. The second-order valence-electron chi connectivity index (χ2n) is 5.35. The molecule has 2 aliphatic rings. The SMILES string of the molecule is CC1CCC1N1CCCCC1(C)C(=O)O. The van der Waals surface area contributed by atoms with E-state index < -0.39 is 11.5 Å². The number of likely N-dealkylation sites (tertiary alicyclic amines) is 1. The zero-order valence-corrected chi connectivity index (χ0v) is 9.70. The average Bonchev–Trinajstić information content (AvgIpc) is 2.19. The van der Waals surface area contributed by atoms with Gasteiger partial charge in [0, 0.05) is 6.04 Å². The minimum atomic E-state index is -0.638. The first-order chi connectivity index (χ1) is 7.05. The maximum Gasteiger partial charge on any atom is 0.323 e. The Labute approximate surface area is 91.5 Å². The molecular weight excluding hydrogens is 190 g/mol. The summed E-state index contributed by atoms with van der Waals surface area (Å²) < 4.78 is 0. The van der Waals surface area contributed by atoms with E-state index in [4.69, 9.17) is 0 Å². The predicted octanol–water partition coefficient (Wildman–Crippen LogP) is 2.11. The van der Waals surface area contributed by atoms with Crippen molar-refractivity contribution in [3.63, 3.8) is 0 Å². The van der Waals surface area contributed by atoms with E-state index in [0.717, 1.165) is 25.8 Å². The molecule has 0 aromatic carbocycles. The van der Waals surface area contributed by atoms with Gasteiger partial charge in [-0.3, -0.25) is 9.69 Å². The highest BCUT2D eigenvalue weighted by Gasteiger charge is 2.47. The molecule has 0 spiro atoms. The summed E-state index contributed by atoms with van der Waals surface area (Å²) in [5, 5.41) is 9.38. The Kier molecular flexibility index (Phi) is 2.75. The lowest BCUT2D eigenvalue weighted by molar-refractivity contribution is -0.158. The fraction of sp³-hybridized carbons (Fsp3) is 0.917. The van der Waals surface area contributed by atoms with Gasteiger partial charge in [-0.2, -0.15) is 0 Å². The van der Waals surface area contributed by atoms with Crippen LogP contribution in [0.2, 0.25) is 0 Å². The summed E-state index contributed by atoms with van der Waals surface area (Å²) in [5.41, 5.74) is -0.600. The summed E-state index contributed by atoms with van der Waals surface area (Å²) >= 11 is 0. The van der Waals surface area contributed by atoms with Gasteiger partial charge in [-0.25, -0.2) is 0 Å². The summed E-state index contributed by atoms with van der Waals surface area (Å²) in [6.07, 6.45) is 5.47. The molecule has 0 radical (unpaired) electrons. The summed E-state index contributed by atoms with van der Waals surface area (Å²) in [6, 6.07) is 0.520. The van der Waals surface area contributed by atoms with E-state index in [2.05, 4.69) is 11.8 Å². The molecule has 3 unspecified atom stereocenters. The summed E-state index contributed by atoms with van der Waals surface area (Å²) in [5.74, 6) is 0.0445. The van der Waals surface area contributed by atoms with E-state index >= 15 is 0 Å². The standard InChI is InChI=1S/C12H21NO2/c1-9-5-6-10(9)13-8-4-3-7-12(13,2)11(14)15/h9-10H,3-8H2,1-2H3,(H,14,15). The lowest BCUT2D eigenvalue weighted by Gasteiger charge is -2.52. The van der Waals surface area contributed by atoms with Crippen molar-refractivity contribution in [3.8, 4) is 0 Å². The van der Waals surface area contributed by atoms with Crippen LogP contribution in [0.5, 0.6) is 0 Å². The van der Waals surface area contributed by atoms with E-state index in [-0.39, 0.29) is 0 Å². The quantitative estimate of drug-likeness (QED) is 0.760. The number of rotatable bonds is 2. The number of piperidine rings is 1. The number of carboxylic acid groups (broad SMARTS) is 1. The van der Waals surface area contributed by atoms with Crippen molar-refractivity contribution >= 4 is 5.97 Å². The van der Waals surface area contributed by atoms with Crippen LogP contribution in [0, 0.1) is 5.92 Å². The molecule has 15 heavy (non-hydrogen) atoms. The number of hydrogen-bond donors (Lipinski definition) is 1. The van der Waals surface area contributed by atoms with Crippen LogP contribution in [0.1, 0.15) is 46.0 Å². The molecule has 3 atom stereocenters. The van der Waals surface area contributed by atoms with Crippen molar-refractivity contribution in [1.29, 1.82) is 0 Å². The Hall–Kier alpha value is -0.570. The highest BCUT2D eigenvalue weighted by molar-refractivity contribution is 5.78. The molecular formula is C12H21NO2. The van der Waals surface area contributed by atoms with E-state index in [1.807, 2.05) is 6.92 Å². The smallest absolute Gasteiger partial charge is 0.323 e. The molecule has 0 amide bonds. The van der Waals surface area contributed by atoms with E-state index in [9.17, 15) is 9.90 Å². The van der Waals surface area contributed by atoms with Crippen LogP contribution in [-0.4, -0.2) is 34.1 Å². The van der Waals surface area contributed by atoms with Gasteiger partial charge in [-0.15, -0.1) is 0 Å². The van der Waals surface area contributed by atoms with Crippen molar-refractivity contribution in [2.24, 2.45) is 5.92 Å². The molecule has 0 aromatic heterocycles. The van der Waals surface area contributed by atoms with Gasteiger partial charge in [0.2, 0.25) is 0 Å². The van der Waals surface area contributed by atoms with Crippen LogP contribution in [0.15, 0.2) is 0 Å². The number of nitrogens with zero attached hydrogens (tertiary/aromatic N) is 1. The van der Waals surface area contributed by atoms with Crippen molar-refractivity contribution in [1.82, 2.24) is 4.90 Å². The van der Waals surface area contributed by atoms with Crippen LogP contribution in [0.25, 0.3) is 0 Å². The third-order valence-electron chi connectivity index (χ3n) is 4.38. The Bertz CT molecular complexity index is 266. The Morgan fingerprint density at radius 3 is 2.60 bits per heavy atom. The molecule has 3 heteroatoms. The van der Waals surface area contributed by atoms with Gasteiger partial charge in [0.1, 0.15) is 5.54 Å². The molecule has 1 aliphatic heterocycles. The molecule has 3 nitrogen and oxygen atoms in total. The van der Waals surface area contributed by atoms with Crippen LogP contribution in [0.4, 0.5) is 0 Å². The highest BCUT2D eigenvalue weighted by Crippen LogP contribution is 2.39. The molecule has 1 N–H and O–H groups in total. The second kappa shape index (κ2) is 3.78. The first kappa shape index (κ1) is 10.9. The van der Waals surface area contributed by atoms with Gasteiger partial charge in [0.05, 0.1) is 0 Å². The molecule has 0 aromatic rings. The minimum absolute atomic E-state index is 0.520. The number of carbonyl (C=O) groups is 1. The number of aliphatic carboxylic acids is 1. The number of carboxylic acids is 1. The lowest BCUT2D eigenvalue weighted by Crippen LogP contribution is -2.62. The van der Waals surface area contributed by atoms with Crippen LogP contribution in [-0.2, 0) is 4.79 Å². The van der Waals surface area contributed by atoms with E-state index in [1.165, 1.54) is 12.8 Å². The van der Waals surface area contributed by atoms with Crippen molar-refractivity contribution in [3.05, 3.63) is 0 Å². The topological polar surface area (TPSA) is 40.5 Å². The van der Waals surface area contributed by atoms with Gasteiger partial charge < -0.3 is 5.11 Å². The average molecular weight is 211 g/mol. The van der Waals surface area contributed by atoms with E-state index in [0.29, 0.717) is 12.0 Å². The third-order valence-corrected chi connectivity index (χ3v) is 4.38. The van der Waals surface area contributed by atoms with Gasteiger partial charge in [-0.05, 0) is 51.5 Å². The van der Waals surface area contributed by atoms with Crippen LogP contribution in [0.3, 0.4) is 0 Å². The maximum absolute atomic E-state index is 11.4. The van der Waals surface area contributed by atoms with Gasteiger partial charge >= 0.3 is 5.97 Å². The molecule has 2 rings (SSSR count). The lowest BCUT2D eigenvalue weighted by atomic mass is 9.75. The fourth-order valence-corrected chi connectivity index (χ4v) is 3.02. The van der Waals surface area contributed by atoms with Gasteiger partial charge in [0.25, 0.3) is 0 Å². The first-order valence-corrected chi connectivity index (χ1v) is 6.06. The van der Waals surface area contributed by atoms with E-state index in [1.54, 1.807) is 0 Å². The summed E-state index contributed by atoms with van der Waals surface area (Å²) in [7, 11) is 0. The molecule has 0 bridgehead atoms. The van der Waals surface area contributed by atoms with Gasteiger partial charge in [0.15, 0.2) is 0 Å². The van der Waals surface area contributed by atoms with Gasteiger partial charge in [-0.1, -0.05) is 6.92 Å². The zero-order chi connectivity index (χ0) is 11.1. The monoisotopic (exact) mass is 211 g/mol. The first-order valence-electron chi connectivity index (χ1n) is 6.06. The zero-order valence-electron chi connectivity index (χ0n) is 9.70. The normalized spacial score (nSPS) is 42.3. The molecule has 1 saturated carbocycles. The maximum atomic E-state index is 11.4. The van der Waals surface area contributed by atoms with Crippen LogP contribution < -0.4 is 0 Å². The molecule has 2 fully saturated rings.